The number of aromatic nitrogens is 2. The fourth-order valence-electron chi connectivity index (χ4n) is 3.27. The summed E-state index contributed by atoms with van der Waals surface area (Å²) in [7, 11) is 0. The molecule has 7 heteroatoms. The average molecular weight is 354 g/mol. The van der Waals surface area contributed by atoms with Crippen LogP contribution >= 0.6 is 12.4 Å². The molecule has 1 unspecified atom stereocenters. The van der Waals surface area contributed by atoms with Crippen LogP contribution < -0.4 is 10.2 Å². The first-order valence-corrected chi connectivity index (χ1v) is 8.67. The molecule has 0 spiro atoms. The van der Waals surface area contributed by atoms with Crippen molar-refractivity contribution in [2.45, 2.75) is 45.6 Å². The smallest absolute Gasteiger partial charge is 0.239 e. The fourth-order valence-corrected chi connectivity index (χ4v) is 3.27. The molecule has 0 radical (unpaired) electrons. The standard InChI is InChI=1S/C17H27N5O.ClH/c1-12(2)16-19-13(3)11-15(20-16)21-7-9-22(10-8-21)17(23)14-5-4-6-18-14;/h11-12,14,18H,4-10H2,1-3H3;1H. The summed E-state index contributed by atoms with van der Waals surface area (Å²) >= 11 is 0. The van der Waals surface area contributed by atoms with Gasteiger partial charge in [0.1, 0.15) is 11.6 Å². The van der Waals surface area contributed by atoms with Crippen LogP contribution in [0.15, 0.2) is 6.07 Å². The highest BCUT2D eigenvalue weighted by molar-refractivity contribution is 5.85. The van der Waals surface area contributed by atoms with Crippen molar-refractivity contribution in [2.24, 2.45) is 0 Å². The first-order valence-electron chi connectivity index (χ1n) is 8.67. The lowest BCUT2D eigenvalue weighted by atomic mass is 10.2. The number of hydrogen-bond donors (Lipinski definition) is 1. The molecule has 0 aliphatic carbocycles. The third kappa shape index (κ3) is 4.16. The summed E-state index contributed by atoms with van der Waals surface area (Å²) in [4.78, 5) is 25.9. The van der Waals surface area contributed by atoms with Crippen molar-refractivity contribution in [1.29, 1.82) is 0 Å². The Balaban J connectivity index is 0.00000208. The molecule has 3 heterocycles. The van der Waals surface area contributed by atoms with Crippen molar-refractivity contribution in [3.8, 4) is 0 Å². The molecular weight excluding hydrogens is 326 g/mol. The number of halogens is 1. The minimum absolute atomic E-state index is 0. The summed E-state index contributed by atoms with van der Waals surface area (Å²) in [5.41, 5.74) is 1.01. The van der Waals surface area contributed by atoms with Crippen LogP contribution in [0.1, 0.15) is 44.1 Å². The molecule has 1 N–H and O–H groups in total. The van der Waals surface area contributed by atoms with Crippen LogP contribution in [0.3, 0.4) is 0 Å². The summed E-state index contributed by atoms with van der Waals surface area (Å²) in [6, 6.07) is 2.08. The van der Waals surface area contributed by atoms with Gasteiger partial charge in [-0.15, -0.1) is 12.4 Å². The lowest BCUT2D eigenvalue weighted by molar-refractivity contribution is -0.133. The Kier molecular flexibility index (Phi) is 6.40. The number of anilines is 1. The second-order valence-electron chi connectivity index (χ2n) is 6.84. The molecule has 6 nitrogen and oxygen atoms in total. The number of hydrogen-bond acceptors (Lipinski definition) is 5. The summed E-state index contributed by atoms with van der Waals surface area (Å²) in [5.74, 6) is 2.48. The molecule has 0 bridgehead atoms. The highest BCUT2D eigenvalue weighted by Crippen LogP contribution is 2.19. The largest absolute Gasteiger partial charge is 0.353 e. The number of nitrogens with zero attached hydrogens (tertiary/aromatic N) is 4. The molecule has 1 aromatic heterocycles. The predicted octanol–water partition coefficient (Wildman–Crippen LogP) is 1.73. The number of aryl methyl sites for hydroxylation is 1. The Morgan fingerprint density at radius 2 is 1.96 bits per heavy atom. The van der Waals surface area contributed by atoms with Gasteiger partial charge in [-0.3, -0.25) is 4.79 Å². The van der Waals surface area contributed by atoms with E-state index in [0.29, 0.717) is 5.92 Å². The molecule has 1 aromatic rings. The molecule has 0 aromatic carbocycles. The summed E-state index contributed by atoms with van der Waals surface area (Å²) in [6.07, 6.45) is 2.08. The number of piperazine rings is 1. The number of amides is 1. The van der Waals surface area contributed by atoms with Gasteiger partial charge in [-0.2, -0.15) is 0 Å². The maximum Gasteiger partial charge on any atom is 0.239 e. The summed E-state index contributed by atoms with van der Waals surface area (Å²) in [5, 5.41) is 3.30. The van der Waals surface area contributed by atoms with Gasteiger partial charge >= 0.3 is 0 Å². The molecule has 3 rings (SSSR count). The average Bonchev–Trinajstić information content (AvgIpc) is 3.08. The normalized spacial score (nSPS) is 21.1. The molecule has 1 amide bonds. The van der Waals surface area contributed by atoms with Crippen LogP contribution in [0.25, 0.3) is 0 Å². The van der Waals surface area contributed by atoms with E-state index in [1.165, 1.54) is 0 Å². The predicted molar refractivity (Wildman–Crippen MR) is 97.9 cm³/mol. The molecule has 2 aliphatic rings. The van der Waals surface area contributed by atoms with Gasteiger partial charge in [0.05, 0.1) is 6.04 Å². The van der Waals surface area contributed by atoms with E-state index < -0.39 is 0 Å². The van der Waals surface area contributed by atoms with Gasteiger partial charge in [0.2, 0.25) is 5.91 Å². The van der Waals surface area contributed by atoms with E-state index in [4.69, 9.17) is 4.98 Å². The molecule has 2 fully saturated rings. The number of carbonyl (C=O) groups is 1. The minimum Gasteiger partial charge on any atom is -0.353 e. The van der Waals surface area contributed by atoms with Gasteiger partial charge in [0, 0.05) is 43.9 Å². The first kappa shape index (κ1) is 18.9. The van der Waals surface area contributed by atoms with Crippen LogP contribution in [0.2, 0.25) is 0 Å². The van der Waals surface area contributed by atoms with Crippen LogP contribution in [0, 0.1) is 6.92 Å². The van der Waals surface area contributed by atoms with Gasteiger partial charge in [0.15, 0.2) is 0 Å². The van der Waals surface area contributed by atoms with E-state index in [9.17, 15) is 4.79 Å². The van der Waals surface area contributed by atoms with Crippen LogP contribution in [0.5, 0.6) is 0 Å². The van der Waals surface area contributed by atoms with Crippen molar-refractivity contribution in [3.05, 3.63) is 17.6 Å². The molecule has 2 aliphatic heterocycles. The van der Waals surface area contributed by atoms with E-state index in [2.05, 4.69) is 29.0 Å². The van der Waals surface area contributed by atoms with E-state index in [-0.39, 0.29) is 24.4 Å². The number of rotatable bonds is 3. The van der Waals surface area contributed by atoms with Crippen molar-refractivity contribution in [1.82, 2.24) is 20.2 Å². The quantitative estimate of drug-likeness (QED) is 0.896. The Labute approximate surface area is 150 Å². The second kappa shape index (κ2) is 8.12. The maximum absolute atomic E-state index is 12.5. The Hall–Kier alpha value is -1.40. The van der Waals surface area contributed by atoms with E-state index in [1.54, 1.807) is 0 Å². The van der Waals surface area contributed by atoms with Gasteiger partial charge in [0.25, 0.3) is 0 Å². The minimum atomic E-state index is 0. The van der Waals surface area contributed by atoms with E-state index in [1.807, 2.05) is 17.9 Å². The topological polar surface area (TPSA) is 61.4 Å². The zero-order valence-electron chi connectivity index (χ0n) is 14.8. The monoisotopic (exact) mass is 353 g/mol. The van der Waals surface area contributed by atoms with Crippen molar-refractivity contribution in [3.63, 3.8) is 0 Å². The van der Waals surface area contributed by atoms with E-state index >= 15 is 0 Å². The maximum atomic E-state index is 12.5. The lowest BCUT2D eigenvalue weighted by Gasteiger charge is -2.36. The van der Waals surface area contributed by atoms with Crippen LogP contribution in [0.4, 0.5) is 5.82 Å². The number of carbonyl (C=O) groups excluding carboxylic acids is 1. The van der Waals surface area contributed by atoms with Crippen LogP contribution in [-0.4, -0.2) is 59.5 Å². The van der Waals surface area contributed by atoms with Gasteiger partial charge in [-0.25, -0.2) is 9.97 Å². The molecular formula is C17H28ClN5O. The summed E-state index contributed by atoms with van der Waals surface area (Å²) in [6.45, 7) is 10.4. The first-order chi connectivity index (χ1) is 11.0. The van der Waals surface area contributed by atoms with Crippen LogP contribution in [-0.2, 0) is 4.79 Å². The van der Waals surface area contributed by atoms with E-state index in [0.717, 1.165) is 62.9 Å². The third-order valence-electron chi connectivity index (χ3n) is 4.65. The zero-order chi connectivity index (χ0) is 16.4. The molecule has 0 saturated carbocycles. The lowest BCUT2D eigenvalue weighted by Crippen LogP contribution is -2.53. The Morgan fingerprint density at radius 1 is 1.25 bits per heavy atom. The highest BCUT2D eigenvalue weighted by Gasteiger charge is 2.29. The Bertz CT molecular complexity index is 566. The zero-order valence-corrected chi connectivity index (χ0v) is 15.6. The molecule has 2 saturated heterocycles. The second-order valence-corrected chi connectivity index (χ2v) is 6.84. The summed E-state index contributed by atoms with van der Waals surface area (Å²) < 4.78 is 0. The van der Waals surface area contributed by atoms with Gasteiger partial charge < -0.3 is 15.1 Å². The Morgan fingerprint density at radius 3 is 2.54 bits per heavy atom. The highest BCUT2D eigenvalue weighted by atomic mass is 35.5. The third-order valence-corrected chi connectivity index (χ3v) is 4.65. The van der Waals surface area contributed by atoms with Crippen molar-refractivity contribution < 1.29 is 4.79 Å². The van der Waals surface area contributed by atoms with Gasteiger partial charge in [-0.1, -0.05) is 13.8 Å². The molecule has 134 valence electrons. The SMILES string of the molecule is Cc1cc(N2CCN(C(=O)C3CCCN3)CC2)nc(C(C)C)n1.Cl. The van der Waals surface area contributed by atoms with Gasteiger partial charge in [-0.05, 0) is 26.3 Å². The molecule has 24 heavy (non-hydrogen) atoms. The molecule has 1 atom stereocenters. The fraction of sp³-hybridized carbons (Fsp3) is 0.706. The van der Waals surface area contributed by atoms with Crippen molar-refractivity contribution >= 4 is 24.1 Å². The van der Waals surface area contributed by atoms with Crippen molar-refractivity contribution in [2.75, 3.05) is 37.6 Å². The number of nitrogens with one attached hydrogen (secondary N) is 1.